The summed E-state index contributed by atoms with van der Waals surface area (Å²) < 4.78 is 19.4. The Morgan fingerprint density at radius 3 is 2.65 bits per heavy atom. The molecule has 0 saturated carbocycles. The number of carbonyl (C=O) groups excluding carboxylic acids is 1. The second-order valence-electron chi connectivity index (χ2n) is 7.75. The number of phenols is 1. The lowest BCUT2D eigenvalue weighted by atomic mass is 9.99. The van der Waals surface area contributed by atoms with E-state index in [0.29, 0.717) is 34.2 Å². The molecule has 0 aliphatic heterocycles. The van der Waals surface area contributed by atoms with Gasteiger partial charge in [-0.05, 0) is 42.3 Å². The molecular weight excluding hydrogens is 443 g/mol. The van der Waals surface area contributed by atoms with Crippen LogP contribution in [-0.4, -0.2) is 51.7 Å². The van der Waals surface area contributed by atoms with E-state index in [4.69, 9.17) is 4.42 Å². The summed E-state index contributed by atoms with van der Waals surface area (Å²) in [5.74, 6) is -1.65. The highest BCUT2D eigenvalue weighted by Crippen LogP contribution is 2.37. The van der Waals surface area contributed by atoms with E-state index in [1.807, 2.05) is 0 Å². The van der Waals surface area contributed by atoms with Crippen molar-refractivity contribution in [2.24, 2.45) is 0 Å². The zero-order valence-electron chi connectivity index (χ0n) is 18.3. The summed E-state index contributed by atoms with van der Waals surface area (Å²) in [6.45, 7) is 0.258. The minimum Gasteiger partial charge on any atom is -0.508 e. The highest BCUT2D eigenvalue weighted by molar-refractivity contribution is 6.12. The Kier molecular flexibility index (Phi) is 6.60. The Labute approximate surface area is 193 Å². The molecule has 0 aliphatic rings. The van der Waals surface area contributed by atoms with Crippen LogP contribution in [0.2, 0.25) is 0 Å². The Balaban J connectivity index is 1.67. The van der Waals surface area contributed by atoms with Crippen molar-refractivity contribution >= 4 is 22.8 Å². The lowest BCUT2D eigenvalue weighted by molar-refractivity contribution is -0.139. The fourth-order valence-corrected chi connectivity index (χ4v) is 3.88. The van der Waals surface area contributed by atoms with Crippen LogP contribution in [-0.2, 0) is 17.6 Å². The molecular formula is C24H23FN4O5. The van der Waals surface area contributed by atoms with Crippen LogP contribution in [0.15, 0.2) is 53.3 Å². The van der Waals surface area contributed by atoms with Gasteiger partial charge in [-0.3, -0.25) is 9.59 Å². The normalized spacial score (nSPS) is 12.1. The number of fused-ring (bicyclic) bond motifs is 1. The highest BCUT2D eigenvalue weighted by atomic mass is 19.1. The molecule has 1 atom stereocenters. The van der Waals surface area contributed by atoms with E-state index < -0.39 is 23.7 Å². The number of hydrogen-bond acceptors (Lipinski definition) is 6. The number of carboxylic acids is 1. The van der Waals surface area contributed by atoms with E-state index in [1.54, 1.807) is 6.20 Å². The molecule has 0 bridgehead atoms. The predicted molar refractivity (Wildman–Crippen MR) is 122 cm³/mol. The van der Waals surface area contributed by atoms with Gasteiger partial charge in [-0.1, -0.05) is 0 Å². The topological polar surface area (TPSA) is 140 Å². The monoisotopic (exact) mass is 466 g/mol. The standard InChI is InChI=1S/C24H23FN4O5/c1-26-23(31)21-20-14(6-7-28-18(24(32)33)9-16-11-27-12-29-16)8-17(30)10-19(20)34-22(21)13-2-4-15(25)5-3-13/h2-5,8,10-12,18,28,30H,6-7,9H2,1H3,(H,26,31)(H,27,29)(H,32,33)/t18-/m0/s1. The van der Waals surface area contributed by atoms with Gasteiger partial charge in [0.15, 0.2) is 0 Å². The van der Waals surface area contributed by atoms with Crippen molar-refractivity contribution in [1.29, 1.82) is 0 Å². The fourth-order valence-electron chi connectivity index (χ4n) is 3.88. The second-order valence-corrected chi connectivity index (χ2v) is 7.75. The van der Waals surface area contributed by atoms with Gasteiger partial charge in [0.1, 0.15) is 29.0 Å². The molecule has 0 fully saturated rings. The molecule has 2 aromatic carbocycles. The van der Waals surface area contributed by atoms with Gasteiger partial charge in [-0.15, -0.1) is 0 Å². The summed E-state index contributed by atoms with van der Waals surface area (Å²) >= 11 is 0. The first kappa shape index (κ1) is 23.0. The smallest absolute Gasteiger partial charge is 0.321 e. The number of halogens is 1. The number of hydrogen-bond donors (Lipinski definition) is 5. The molecule has 4 rings (SSSR count). The Morgan fingerprint density at radius 1 is 1.24 bits per heavy atom. The van der Waals surface area contributed by atoms with Gasteiger partial charge in [-0.2, -0.15) is 0 Å². The summed E-state index contributed by atoms with van der Waals surface area (Å²) in [6, 6.07) is 7.62. The molecule has 0 radical (unpaired) electrons. The number of aromatic nitrogens is 2. The number of phenolic OH excluding ortho intramolecular Hbond substituents is 1. The third-order valence-corrected chi connectivity index (χ3v) is 5.48. The van der Waals surface area contributed by atoms with Gasteiger partial charge in [-0.25, -0.2) is 9.37 Å². The van der Waals surface area contributed by atoms with Gasteiger partial charge < -0.3 is 30.2 Å². The number of nitrogens with one attached hydrogen (secondary N) is 3. The van der Waals surface area contributed by atoms with Gasteiger partial charge in [0.05, 0.1) is 11.9 Å². The summed E-state index contributed by atoms with van der Waals surface area (Å²) in [5, 5.41) is 25.9. The molecule has 1 amide bonds. The van der Waals surface area contributed by atoms with Crippen molar-refractivity contribution in [3.63, 3.8) is 0 Å². The number of furan rings is 1. The van der Waals surface area contributed by atoms with Gasteiger partial charge in [0, 0.05) is 48.9 Å². The van der Waals surface area contributed by atoms with E-state index in [0.717, 1.165) is 0 Å². The molecule has 5 N–H and O–H groups in total. The first-order valence-electron chi connectivity index (χ1n) is 10.6. The molecule has 176 valence electrons. The zero-order chi connectivity index (χ0) is 24.2. The zero-order valence-corrected chi connectivity index (χ0v) is 18.3. The minimum absolute atomic E-state index is 0.0578. The van der Waals surface area contributed by atoms with Crippen molar-refractivity contribution in [3.8, 4) is 17.1 Å². The maximum absolute atomic E-state index is 13.4. The molecule has 0 saturated heterocycles. The third-order valence-electron chi connectivity index (χ3n) is 5.48. The number of nitrogens with zero attached hydrogens (tertiary/aromatic N) is 1. The molecule has 2 heterocycles. The molecule has 9 nitrogen and oxygen atoms in total. The van der Waals surface area contributed by atoms with E-state index >= 15 is 0 Å². The number of benzene rings is 2. The van der Waals surface area contributed by atoms with E-state index in [9.17, 15) is 24.2 Å². The van der Waals surface area contributed by atoms with Gasteiger partial charge in [0.2, 0.25) is 0 Å². The molecule has 4 aromatic rings. The summed E-state index contributed by atoms with van der Waals surface area (Å²) in [5.41, 5.74) is 2.33. The number of carboxylic acid groups (broad SMARTS) is 1. The van der Waals surface area contributed by atoms with Crippen LogP contribution in [0.5, 0.6) is 5.75 Å². The predicted octanol–water partition coefficient (Wildman–Crippen LogP) is 2.86. The maximum Gasteiger partial charge on any atom is 0.321 e. The molecule has 10 heteroatoms. The molecule has 34 heavy (non-hydrogen) atoms. The lowest BCUT2D eigenvalue weighted by Gasteiger charge is -2.14. The maximum atomic E-state index is 13.4. The van der Waals surface area contributed by atoms with Crippen molar-refractivity contribution < 1.29 is 28.6 Å². The third kappa shape index (κ3) is 4.76. The van der Waals surface area contributed by atoms with E-state index in [-0.39, 0.29) is 30.0 Å². The van der Waals surface area contributed by atoms with Crippen molar-refractivity contribution in [3.05, 3.63) is 71.6 Å². The molecule has 2 aromatic heterocycles. The number of aromatic hydroxyl groups is 1. The van der Waals surface area contributed by atoms with Crippen molar-refractivity contribution in [2.75, 3.05) is 13.6 Å². The second kappa shape index (κ2) is 9.75. The number of amides is 1. The van der Waals surface area contributed by atoms with E-state index in [2.05, 4.69) is 20.6 Å². The number of H-pyrrole nitrogens is 1. The molecule has 0 spiro atoms. The number of aromatic amines is 1. The number of imidazole rings is 1. The Bertz CT molecular complexity index is 1320. The Hall–Kier alpha value is -4.18. The SMILES string of the molecule is CNC(=O)c1c(-c2ccc(F)cc2)oc2cc(O)cc(CCN[C@@H](Cc3cnc[nH]3)C(=O)O)c12. The number of aliphatic carboxylic acids is 1. The van der Waals surface area contributed by atoms with Crippen LogP contribution >= 0.6 is 0 Å². The van der Waals surface area contributed by atoms with E-state index in [1.165, 1.54) is 49.8 Å². The highest BCUT2D eigenvalue weighted by Gasteiger charge is 2.25. The summed E-state index contributed by atoms with van der Waals surface area (Å²) in [7, 11) is 1.49. The van der Waals surface area contributed by atoms with Crippen LogP contribution in [0.3, 0.4) is 0 Å². The quantitative estimate of drug-likeness (QED) is 0.255. The lowest BCUT2D eigenvalue weighted by Crippen LogP contribution is -2.39. The van der Waals surface area contributed by atoms with Gasteiger partial charge >= 0.3 is 5.97 Å². The average molecular weight is 466 g/mol. The fraction of sp³-hybridized carbons (Fsp3) is 0.208. The van der Waals surface area contributed by atoms with Crippen molar-refractivity contribution in [2.45, 2.75) is 18.9 Å². The minimum atomic E-state index is -1.01. The van der Waals surface area contributed by atoms with Crippen LogP contribution < -0.4 is 10.6 Å². The van der Waals surface area contributed by atoms with Crippen LogP contribution in [0.4, 0.5) is 4.39 Å². The first-order valence-corrected chi connectivity index (χ1v) is 10.6. The Morgan fingerprint density at radius 2 is 2.00 bits per heavy atom. The van der Waals surface area contributed by atoms with Gasteiger partial charge in [0.25, 0.3) is 5.91 Å². The van der Waals surface area contributed by atoms with Crippen LogP contribution in [0, 0.1) is 5.82 Å². The molecule has 0 unspecified atom stereocenters. The largest absolute Gasteiger partial charge is 0.508 e. The summed E-state index contributed by atoms with van der Waals surface area (Å²) in [4.78, 5) is 31.3. The van der Waals surface area contributed by atoms with Crippen molar-refractivity contribution in [1.82, 2.24) is 20.6 Å². The summed E-state index contributed by atoms with van der Waals surface area (Å²) in [6.07, 6.45) is 3.57. The van der Waals surface area contributed by atoms with Crippen LogP contribution in [0.1, 0.15) is 21.6 Å². The number of rotatable bonds is 9. The average Bonchev–Trinajstić information content (AvgIpc) is 3.46. The first-order chi connectivity index (χ1) is 16.4. The number of carbonyl (C=O) groups is 2. The molecule has 0 aliphatic carbocycles. The van der Waals surface area contributed by atoms with Crippen LogP contribution in [0.25, 0.3) is 22.3 Å².